The predicted octanol–water partition coefficient (Wildman–Crippen LogP) is 9.98. The molecule has 60 heavy (non-hydrogen) atoms. The highest BCUT2D eigenvalue weighted by atomic mass is 31.2. The van der Waals surface area contributed by atoms with Crippen LogP contribution in [0.2, 0.25) is 0 Å². The summed E-state index contributed by atoms with van der Waals surface area (Å²) in [6, 6.07) is 0. The summed E-state index contributed by atoms with van der Waals surface area (Å²) in [5, 5.41) is 19.6. The summed E-state index contributed by atoms with van der Waals surface area (Å²) in [5.41, 5.74) is 0. The van der Waals surface area contributed by atoms with Crippen LogP contribution in [-0.2, 0) is 41.8 Å². The maximum atomic E-state index is 12.6. The molecule has 0 aliphatic rings. The SMILES string of the molecule is CCCCC/C=C\C/C=C\CCCCCCCC(=O)OC[C@H](COP(=O)(O)OC[C@@H](O)COP(=O)(O)O)OC(=O)CCC/C=C\C/C=C\C/C=C\C=C\[C@@H](O)CCCCC. The molecule has 0 fully saturated rings. The van der Waals surface area contributed by atoms with Crippen LogP contribution in [0.3, 0.4) is 0 Å². The number of aliphatic hydroxyl groups is 2. The van der Waals surface area contributed by atoms with E-state index < -0.39 is 72.3 Å². The fourth-order valence-electron chi connectivity index (χ4n) is 5.30. The number of esters is 2. The van der Waals surface area contributed by atoms with E-state index in [0.29, 0.717) is 19.3 Å². The number of phosphoric acid groups is 2. The third kappa shape index (κ3) is 42.2. The average Bonchev–Trinajstić information content (AvgIpc) is 3.20. The average molecular weight is 891 g/mol. The molecule has 0 spiro atoms. The van der Waals surface area contributed by atoms with Gasteiger partial charge in [0.25, 0.3) is 0 Å². The molecule has 16 heteroatoms. The second-order valence-corrected chi connectivity index (χ2v) is 17.2. The number of allylic oxidation sites excluding steroid dienone is 11. The van der Waals surface area contributed by atoms with Crippen molar-refractivity contribution in [1.29, 1.82) is 0 Å². The minimum atomic E-state index is -4.88. The molecule has 1 unspecified atom stereocenters. The Morgan fingerprint density at radius 3 is 1.72 bits per heavy atom. The fourth-order valence-corrected chi connectivity index (χ4v) is 6.46. The molecule has 0 heterocycles. The Balaban J connectivity index is 4.70. The van der Waals surface area contributed by atoms with Crippen LogP contribution in [0.4, 0.5) is 0 Å². The first-order valence-electron chi connectivity index (χ1n) is 21.7. The molecule has 0 bridgehead atoms. The lowest BCUT2D eigenvalue weighted by molar-refractivity contribution is -0.161. The molecule has 346 valence electrons. The van der Waals surface area contributed by atoms with E-state index in [4.69, 9.17) is 23.8 Å². The maximum absolute atomic E-state index is 12.6. The smallest absolute Gasteiger partial charge is 0.462 e. The molecular formula is C44H76O14P2. The first kappa shape index (κ1) is 57.5. The monoisotopic (exact) mass is 890 g/mol. The second-order valence-electron chi connectivity index (χ2n) is 14.5. The van der Waals surface area contributed by atoms with E-state index in [1.165, 1.54) is 19.3 Å². The van der Waals surface area contributed by atoms with Crippen LogP contribution in [0.15, 0.2) is 72.9 Å². The van der Waals surface area contributed by atoms with E-state index in [2.05, 4.69) is 47.2 Å². The molecule has 0 amide bonds. The molecule has 14 nitrogen and oxygen atoms in total. The minimum Gasteiger partial charge on any atom is -0.462 e. The number of hydrogen-bond acceptors (Lipinski definition) is 11. The van der Waals surface area contributed by atoms with Crippen molar-refractivity contribution in [3.63, 3.8) is 0 Å². The number of rotatable bonds is 40. The molecule has 0 aliphatic heterocycles. The van der Waals surface area contributed by atoms with Gasteiger partial charge in [0.2, 0.25) is 0 Å². The fraction of sp³-hybridized carbons (Fsp3) is 0.682. The Morgan fingerprint density at radius 1 is 0.550 bits per heavy atom. The Labute approximate surface area is 359 Å². The van der Waals surface area contributed by atoms with Crippen molar-refractivity contribution >= 4 is 27.6 Å². The zero-order valence-electron chi connectivity index (χ0n) is 36.1. The third-order valence-electron chi connectivity index (χ3n) is 8.66. The van der Waals surface area contributed by atoms with Crippen LogP contribution in [0.25, 0.3) is 0 Å². The van der Waals surface area contributed by atoms with E-state index in [-0.39, 0.29) is 12.8 Å². The van der Waals surface area contributed by atoms with Crippen molar-refractivity contribution in [2.45, 2.75) is 167 Å². The lowest BCUT2D eigenvalue weighted by Crippen LogP contribution is -2.29. The Morgan fingerprint density at radius 2 is 1.07 bits per heavy atom. The highest BCUT2D eigenvalue weighted by molar-refractivity contribution is 7.47. The molecule has 0 saturated heterocycles. The standard InChI is InChI=1S/C44H76O14P2/c1-3-5-7-8-9-10-11-12-13-14-17-20-23-26-30-34-43(47)54-38-42(39-57-60(52,53)56-37-41(46)36-55-59(49,50)51)58-44(48)35-31-27-24-21-18-15-16-19-22-25-29-33-40(45)32-28-6-4-2/h9-10,12-13,15-16,21-22,24-25,29,33,40-42,45-46H,3-8,11,14,17-20,23,26-28,30-32,34-39H2,1-2H3,(H,52,53)(H2,49,50,51)/b10-9-,13-12-,16-15-,24-21-,25-22-,33-29+/t40-,41-,42+/m0/s1. The lowest BCUT2D eigenvalue weighted by Gasteiger charge is -2.20. The lowest BCUT2D eigenvalue weighted by atomic mass is 10.1. The molecule has 0 aliphatic carbocycles. The molecule has 4 atom stereocenters. The summed E-state index contributed by atoms with van der Waals surface area (Å²) in [5.74, 6) is -1.15. The van der Waals surface area contributed by atoms with E-state index >= 15 is 0 Å². The van der Waals surface area contributed by atoms with Crippen LogP contribution in [0.5, 0.6) is 0 Å². The molecule has 0 aromatic heterocycles. The normalized spacial score (nSPS) is 15.2. The van der Waals surface area contributed by atoms with Crippen LogP contribution in [-0.4, -0.2) is 81.6 Å². The van der Waals surface area contributed by atoms with Crippen LogP contribution in [0.1, 0.15) is 149 Å². The zero-order valence-corrected chi connectivity index (χ0v) is 37.9. The minimum absolute atomic E-state index is 0.0290. The zero-order chi connectivity index (χ0) is 44.6. The molecule has 0 aromatic rings. The van der Waals surface area contributed by atoms with Gasteiger partial charge in [0, 0.05) is 12.8 Å². The number of hydrogen-bond donors (Lipinski definition) is 5. The van der Waals surface area contributed by atoms with E-state index in [1.54, 1.807) is 6.08 Å². The van der Waals surface area contributed by atoms with Gasteiger partial charge < -0.3 is 34.4 Å². The number of carbonyl (C=O) groups excluding carboxylic acids is 2. The quantitative estimate of drug-likeness (QED) is 0.0127. The molecule has 0 saturated carbocycles. The Bertz CT molecular complexity index is 1350. The number of phosphoric ester groups is 2. The van der Waals surface area contributed by atoms with Crippen molar-refractivity contribution < 1.29 is 66.7 Å². The van der Waals surface area contributed by atoms with Crippen LogP contribution in [0, 0.1) is 0 Å². The van der Waals surface area contributed by atoms with Crippen LogP contribution < -0.4 is 0 Å². The van der Waals surface area contributed by atoms with Gasteiger partial charge in [-0.15, -0.1) is 0 Å². The molecule has 0 radical (unpaired) electrons. The third-order valence-corrected chi connectivity index (χ3v) is 10.1. The van der Waals surface area contributed by atoms with Crippen molar-refractivity contribution in [3.8, 4) is 0 Å². The topological polar surface area (TPSA) is 216 Å². The summed E-state index contributed by atoms with van der Waals surface area (Å²) < 4.78 is 47.6. The van der Waals surface area contributed by atoms with Crippen LogP contribution >= 0.6 is 15.6 Å². The summed E-state index contributed by atoms with van der Waals surface area (Å²) in [4.78, 5) is 52.6. The largest absolute Gasteiger partial charge is 0.472 e. The first-order chi connectivity index (χ1) is 28.8. The molecular weight excluding hydrogens is 814 g/mol. The van der Waals surface area contributed by atoms with Gasteiger partial charge in [-0.25, -0.2) is 9.13 Å². The Hall–Kier alpha value is -2.48. The van der Waals surface area contributed by atoms with Gasteiger partial charge >= 0.3 is 27.6 Å². The van der Waals surface area contributed by atoms with E-state index in [1.807, 2.05) is 42.5 Å². The number of aliphatic hydroxyl groups excluding tert-OH is 2. The number of carbonyl (C=O) groups is 2. The summed E-state index contributed by atoms with van der Waals surface area (Å²) in [6.45, 7) is 1.50. The summed E-state index contributed by atoms with van der Waals surface area (Å²) in [7, 11) is -9.72. The van der Waals surface area contributed by atoms with Crippen molar-refractivity contribution in [1.82, 2.24) is 0 Å². The van der Waals surface area contributed by atoms with Gasteiger partial charge in [-0.2, -0.15) is 0 Å². The van der Waals surface area contributed by atoms with E-state index in [0.717, 1.165) is 83.5 Å². The second kappa shape index (κ2) is 39.4. The van der Waals surface area contributed by atoms with Gasteiger partial charge in [0.1, 0.15) is 12.7 Å². The first-order valence-corrected chi connectivity index (χ1v) is 24.8. The number of ether oxygens (including phenoxy) is 2. The number of unbranched alkanes of at least 4 members (excludes halogenated alkanes) is 11. The summed E-state index contributed by atoms with van der Waals surface area (Å²) in [6.07, 6.45) is 39.4. The van der Waals surface area contributed by atoms with Gasteiger partial charge in [-0.1, -0.05) is 138 Å². The van der Waals surface area contributed by atoms with Gasteiger partial charge in [0.05, 0.1) is 25.9 Å². The van der Waals surface area contributed by atoms with E-state index in [9.17, 15) is 33.8 Å². The van der Waals surface area contributed by atoms with Gasteiger partial charge in [0.15, 0.2) is 6.10 Å². The highest BCUT2D eigenvalue weighted by Gasteiger charge is 2.28. The molecule has 5 N–H and O–H groups in total. The van der Waals surface area contributed by atoms with Crippen molar-refractivity contribution in [2.24, 2.45) is 0 Å². The predicted molar refractivity (Wildman–Crippen MR) is 236 cm³/mol. The molecule has 0 aromatic carbocycles. The summed E-state index contributed by atoms with van der Waals surface area (Å²) >= 11 is 0. The van der Waals surface area contributed by atoms with Gasteiger partial charge in [-0.05, 0) is 70.6 Å². The highest BCUT2D eigenvalue weighted by Crippen LogP contribution is 2.43. The van der Waals surface area contributed by atoms with Crippen molar-refractivity contribution in [3.05, 3.63) is 72.9 Å². The van der Waals surface area contributed by atoms with Crippen molar-refractivity contribution in [2.75, 3.05) is 26.4 Å². The van der Waals surface area contributed by atoms with Gasteiger partial charge in [-0.3, -0.25) is 23.2 Å². The maximum Gasteiger partial charge on any atom is 0.472 e. The Kier molecular flexibility index (Phi) is 37.7. The molecule has 0 rings (SSSR count).